The molecule has 0 aliphatic carbocycles. The van der Waals surface area contributed by atoms with Gasteiger partial charge in [-0.1, -0.05) is 23.4 Å². The third kappa shape index (κ3) is 2.86. The maximum absolute atomic E-state index is 5.85. The zero-order valence-corrected chi connectivity index (χ0v) is 8.43. The van der Waals surface area contributed by atoms with E-state index in [0.29, 0.717) is 0 Å². The Morgan fingerprint density at radius 3 is 3.08 bits per heavy atom. The minimum absolute atomic E-state index is 0.784. The highest BCUT2D eigenvalue weighted by atomic mass is 35.5. The molecule has 0 fully saturated rings. The lowest BCUT2D eigenvalue weighted by molar-refractivity contribution is 0.818. The fourth-order valence-electron chi connectivity index (χ4n) is 0.727. The van der Waals surface area contributed by atoms with Crippen LogP contribution in [-0.4, -0.2) is 13.6 Å². The first kappa shape index (κ1) is 9.60. The summed E-state index contributed by atoms with van der Waals surface area (Å²) in [4.78, 5) is 0. The summed E-state index contributed by atoms with van der Waals surface area (Å²) < 4.78 is 0.784. The van der Waals surface area contributed by atoms with Crippen LogP contribution in [0.3, 0.4) is 0 Å². The first-order chi connectivity index (χ1) is 5.84. The average Bonchev–Trinajstić information content (AvgIpc) is 2.46. The fourth-order valence-corrected chi connectivity index (χ4v) is 1.56. The zero-order valence-electron chi connectivity index (χ0n) is 6.86. The normalized spacial score (nSPS) is 9.17. The highest BCUT2D eigenvalue weighted by Crippen LogP contribution is 2.21. The van der Waals surface area contributed by atoms with Gasteiger partial charge in [-0.25, -0.2) is 0 Å². The first-order valence-corrected chi connectivity index (χ1v) is 4.97. The molecule has 0 atom stereocenters. The predicted molar refractivity (Wildman–Crippen MR) is 54.8 cm³/mol. The second-order valence-electron chi connectivity index (χ2n) is 2.26. The first-order valence-electron chi connectivity index (χ1n) is 3.71. The molecule has 0 saturated heterocycles. The Bertz CT molecular complexity index is 295. The van der Waals surface area contributed by atoms with Gasteiger partial charge in [0.25, 0.3) is 0 Å². The van der Waals surface area contributed by atoms with Gasteiger partial charge in [0.05, 0.1) is 5.56 Å². The Labute approximate surface area is 81.7 Å². The van der Waals surface area contributed by atoms with Gasteiger partial charge in [-0.15, -0.1) is 11.3 Å². The SMILES string of the molecule is CNCCC#Cc1ccsc1Cl. The van der Waals surface area contributed by atoms with Crippen LogP contribution in [0.15, 0.2) is 11.4 Å². The summed E-state index contributed by atoms with van der Waals surface area (Å²) in [6.45, 7) is 0.925. The van der Waals surface area contributed by atoms with Gasteiger partial charge in [0.2, 0.25) is 0 Å². The summed E-state index contributed by atoms with van der Waals surface area (Å²) >= 11 is 7.37. The van der Waals surface area contributed by atoms with E-state index < -0.39 is 0 Å². The van der Waals surface area contributed by atoms with Gasteiger partial charge in [0.15, 0.2) is 0 Å². The minimum atomic E-state index is 0.784. The molecule has 0 unspecified atom stereocenters. The molecule has 0 amide bonds. The Kier molecular flexibility index (Phi) is 4.16. The van der Waals surface area contributed by atoms with Gasteiger partial charge >= 0.3 is 0 Å². The van der Waals surface area contributed by atoms with E-state index in [1.807, 2.05) is 18.5 Å². The molecule has 1 N–H and O–H groups in total. The van der Waals surface area contributed by atoms with Crippen LogP contribution in [-0.2, 0) is 0 Å². The molecule has 12 heavy (non-hydrogen) atoms. The number of rotatable bonds is 2. The third-order valence-electron chi connectivity index (χ3n) is 1.34. The summed E-state index contributed by atoms with van der Waals surface area (Å²) in [5, 5.41) is 4.98. The Morgan fingerprint density at radius 2 is 2.50 bits per heavy atom. The second kappa shape index (κ2) is 5.21. The van der Waals surface area contributed by atoms with Crippen LogP contribution in [0.4, 0.5) is 0 Å². The van der Waals surface area contributed by atoms with Crippen molar-refractivity contribution in [1.29, 1.82) is 0 Å². The molecule has 64 valence electrons. The summed E-state index contributed by atoms with van der Waals surface area (Å²) in [6.07, 6.45) is 0.864. The highest BCUT2D eigenvalue weighted by Gasteiger charge is 1.94. The smallest absolute Gasteiger partial charge is 0.108 e. The fraction of sp³-hybridized carbons (Fsp3) is 0.333. The van der Waals surface area contributed by atoms with Crippen molar-refractivity contribution in [2.24, 2.45) is 0 Å². The van der Waals surface area contributed by atoms with E-state index in [1.54, 1.807) is 0 Å². The van der Waals surface area contributed by atoms with E-state index in [0.717, 1.165) is 22.9 Å². The Hall–Kier alpha value is -0.490. The second-order valence-corrected chi connectivity index (χ2v) is 3.78. The summed E-state index contributed by atoms with van der Waals surface area (Å²) in [5.41, 5.74) is 0.942. The molecule has 3 heteroatoms. The molecule has 1 aromatic rings. The predicted octanol–water partition coefficient (Wildman–Crippen LogP) is 2.36. The lowest BCUT2D eigenvalue weighted by atomic mass is 10.3. The lowest BCUT2D eigenvalue weighted by Crippen LogP contribution is -2.05. The van der Waals surface area contributed by atoms with Gasteiger partial charge in [0.1, 0.15) is 4.34 Å². The van der Waals surface area contributed by atoms with E-state index in [9.17, 15) is 0 Å². The quantitative estimate of drug-likeness (QED) is 0.570. The van der Waals surface area contributed by atoms with Crippen LogP contribution < -0.4 is 5.32 Å². The van der Waals surface area contributed by atoms with E-state index in [1.165, 1.54) is 11.3 Å². The summed E-state index contributed by atoms with van der Waals surface area (Å²) in [5.74, 6) is 6.06. The molecule has 0 radical (unpaired) electrons. The monoisotopic (exact) mass is 199 g/mol. The van der Waals surface area contributed by atoms with Crippen LogP contribution in [0, 0.1) is 11.8 Å². The number of halogens is 1. The minimum Gasteiger partial charge on any atom is -0.319 e. The van der Waals surface area contributed by atoms with Gasteiger partial charge < -0.3 is 5.32 Å². The van der Waals surface area contributed by atoms with E-state index in [-0.39, 0.29) is 0 Å². The van der Waals surface area contributed by atoms with E-state index >= 15 is 0 Å². The molecule has 0 aliphatic rings. The molecule has 1 aromatic heterocycles. The zero-order chi connectivity index (χ0) is 8.81. The molecule has 1 rings (SSSR count). The maximum atomic E-state index is 5.85. The van der Waals surface area contributed by atoms with E-state index in [4.69, 9.17) is 11.6 Å². The van der Waals surface area contributed by atoms with Crippen molar-refractivity contribution in [1.82, 2.24) is 5.32 Å². The largest absolute Gasteiger partial charge is 0.319 e. The molecule has 0 aliphatic heterocycles. The van der Waals surface area contributed by atoms with Gasteiger partial charge in [-0.2, -0.15) is 0 Å². The van der Waals surface area contributed by atoms with Crippen molar-refractivity contribution in [2.45, 2.75) is 6.42 Å². The highest BCUT2D eigenvalue weighted by molar-refractivity contribution is 7.14. The molecule has 0 aromatic carbocycles. The van der Waals surface area contributed by atoms with Crippen molar-refractivity contribution in [2.75, 3.05) is 13.6 Å². The third-order valence-corrected chi connectivity index (χ3v) is 2.51. The van der Waals surface area contributed by atoms with Crippen molar-refractivity contribution < 1.29 is 0 Å². The summed E-state index contributed by atoms with van der Waals surface area (Å²) in [7, 11) is 1.92. The van der Waals surface area contributed by atoms with Crippen LogP contribution >= 0.6 is 22.9 Å². The van der Waals surface area contributed by atoms with Crippen molar-refractivity contribution >= 4 is 22.9 Å². The Morgan fingerprint density at radius 1 is 1.67 bits per heavy atom. The summed E-state index contributed by atoms with van der Waals surface area (Å²) in [6, 6.07) is 1.94. The molecular formula is C9H10ClNS. The number of thiophene rings is 1. The van der Waals surface area contributed by atoms with Gasteiger partial charge in [-0.05, 0) is 18.5 Å². The van der Waals surface area contributed by atoms with Crippen LogP contribution in [0.2, 0.25) is 4.34 Å². The van der Waals surface area contributed by atoms with Crippen molar-refractivity contribution in [3.05, 3.63) is 21.3 Å². The standard InChI is InChI=1S/C9H10ClNS/c1-11-6-3-2-4-8-5-7-12-9(8)10/h5,7,11H,3,6H2,1H3. The van der Waals surface area contributed by atoms with Crippen LogP contribution in [0.5, 0.6) is 0 Å². The molecule has 0 spiro atoms. The topological polar surface area (TPSA) is 12.0 Å². The molecule has 0 saturated carbocycles. The average molecular weight is 200 g/mol. The maximum Gasteiger partial charge on any atom is 0.108 e. The van der Waals surface area contributed by atoms with E-state index in [2.05, 4.69) is 17.2 Å². The van der Waals surface area contributed by atoms with Crippen molar-refractivity contribution in [3.63, 3.8) is 0 Å². The van der Waals surface area contributed by atoms with Crippen LogP contribution in [0.1, 0.15) is 12.0 Å². The van der Waals surface area contributed by atoms with Gasteiger partial charge in [0, 0.05) is 13.0 Å². The number of hydrogen-bond acceptors (Lipinski definition) is 2. The Balaban J connectivity index is 2.49. The van der Waals surface area contributed by atoms with Crippen LogP contribution in [0.25, 0.3) is 0 Å². The lowest BCUT2D eigenvalue weighted by Gasteiger charge is -1.87. The number of hydrogen-bond donors (Lipinski definition) is 1. The molecular weight excluding hydrogens is 190 g/mol. The molecule has 1 heterocycles. The van der Waals surface area contributed by atoms with Gasteiger partial charge in [-0.3, -0.25) is 0 Å². The van der Waals surface area contributed by atoms with Crippen molar-refractivity contribution in [3.8, 4) is 11.8 Å². The molecule has 0 bridgehead atoms. The molecule has 1 nitrogen and oxygen atoms in total. The number of nitrogens with one attached hydrogen (secondary N) is 1.